The van der Waals surface area contributed by atoms with Gasteiger partial charge in [0.1, 0.15) is 0 Å². The lowest BCUT2D eigenvalue weighted by molar-refractivity contribution is 0.578. The van der Waals surface area contributed by atoms with Gasteiger partial charge in [-0.25, -0.2) is 0 Å². The third-order valence-electron chi connectivity index (χ3n) is 1.65. The van der Waals surface area contributed by atoms with Gasteiger partial charge in [0.25, 0.3) is 0 Å². The summed E-state index contributed by atoms with van der Waals surface area (Å²) in [5.41, 5.74) is 8.93. The largest absolute Gasteiger partial charge is 0.415 e. The van der Waals surface area contributed by atoms with Crippen molar-refractivity contribution in [2.75, 3.05) is 0 Å². The molecule has 1 heterocycles. The highest BCUT2D eigenvalue weighted by Gasteiger charge is 2.09. The summed E-state index contributed by atoms with van der Waals surface area (Å²) in [6.07, 6.45) is 0. The van der Waals surface area contributed by atoms with Gasteiger partial charge in [0, 0.05) is 14.5 Å². The number of benzene rings is 1. The summed E-state index contributed by atoms with van der Waals surface area (Å²) < 4.78 is 5.95. The zero-order valence-electron chi connectivity index (χ0n) is 7.33. The summed E-state index contributed by atoms with van der Waals surface area (Å²) in [5.74, 6) is 0.310. The summed E-state index contributed by atoms with van der Waals surface area (Å²) in [7, 11) is 0. The second-order valence-electron chi connectivity index (χ2n) is 2.56. The number of halogens is 1. The van der Waals surface area contributed by atoms with E-state index in [2.05, 4.69) is 36.2 Å². The van der Waals surface area contributed by atoms with Gasteiger partial charge >= 0.3 is 6.01 Å². The van der Waals surface area contributed by atoms with Crippen LogP contribution in [0.1, 0.15) is 0 Å². The smallest absolute Gasteiger partial charge is 0.304 e. The number of hydrogen-bond acceptors (Lipinski definition) is 4. The van der Waals surface area contributed by atoms with Crippen LogP contribution in [0.15, 0.2) is 38.3 Å². The van der Waals surface area contributed by atoms with Gasteiger partial charge in [-0.1, -0.05) is 12.1 Å². The molecule has 1 aromatic heterocycles. The second kappa shape index (κ2) is 4.12. The first-order chi connectivity index (χ1) is 7.31. The molecular formula is C8H4BrN5O. The molecule has 0 atom stereocenters. The molecule has 7 heteroatoms. The van der Waals surface area contributed by atoms with E-state index in [1.54, 1.807) is 0 Å². The standard InChI is InChI=1S/C8H4BrN5O/c9-6-4-2-1-3-5(6)7-11-12-8(15-7)13-14-10/h1-4H. The van der Waals surface area contributed by atoms with Gasteiger partial charge in [-0.15, -0.1) is 10.2 Å². The van der Waals surface area contributed by atoms with E-state index in [1.165, 1.54) is 0 Å². The zero-order chi connectivity index (χ0) is 10.7. The topological polar surface area (TPSA) is 87.7 Å². The van der Waals surface area contributed by atoms with Crippen LogP contribution in [0.25, 0.3) is 21.9 Å². The molecule has 2 aromatic rings. The van der Waals surface area contributed by atoms with Crippen LogP contribution in [-0.2, 0) is 0 Å². The van der Waals surface area contributed by atoms with E-state index in [0.717, 1.165) is 10.0 Å². The minimum Gasteiger partial charge on any atom is -0.415 e. The van der Waals surface area contributed by atoms with Gasteiger partial charge in [0.2, 0.25) is 5.89 Å². The lowest BCUT2D eigenvalue weighted by Gasteiger charge is -1.96. The maximum atomic E-state index is 8.18. The third-order valence-corrected chi connectivity index (χ3v) is 2.34. The monoisotopic (exact) mass is 265 g/mol. The molecule has 15 heavy (non-hydrogen) atoms. The van der Waals surface area contributed by atoms with Crippen LogP contribution in [-0.4, -0.2) is 10.2 Å². The molecule has 0 aliphatic rings. The highest BCUT2D eigenvalue weighted by atomic mass is 79.9. The number of rotatable bonds is 2. The Morgan fingerprint density at radius 3 is 2.87 bits per heavy atom. The van der Waals surface area contributed by atoms with Crippen LogP contribution >= 0.6 is 15.9 Å². The Labute approximate surface area is 92.7 Å². The molecule has 6 nitrogen and oxygen atoms in total. The first-order valence-electron chi connectivity index (χ1n) is 3.95. The van der Waals surface area contributed by atoms with Crippen LogP contribution in [0, 0.1) is 0 Å². The summed E-state index contributed by atoms with van der Waals surface area (Å²) in [6.45, 7) is 0. The van der Waals surface area contributed by atoms with Crippen LogP contribution in [0.3, 0.4) is 0 Å². The van der Waals surface area contributed by atoms with E-state index in [4.69, 9.17) is 9.95 Å². The number of hydrogen-bond donors (Lipinski definition) is 0. The van der Waals surface area contributed by atoms with Crippen molar-refractivity contribution in [1.82, 2.24) is 10.2 Å². The fourth-order valence-corrected chi connectivity index (χ4v) is 1.49. The molecule has 0 fully saturated rings. The van der Waals surface area contributed by atoms with Crippen LogP contribution in [0.4, 0.5) is 6.01 Å². The Morgan fingerprint density at radius 1 is 1.33 bits per heavy atom. The zero-order valence-corrected chi connectivity index (χ0v) is 8.92. The molecule has 0 amide bonds. The predicted molar refractivity (Wildman–Crippen MR) is 56.2 cm³/mol. The van der Waals surface area contributed by atoms with Crippen molar-refractivity contribution in [2.45, 2.75) is 0 Å². The fraction of sp³-hybridized carbons (Fsp3) is 0. The van der Waals surface area contributed by atoms with Crippen LogP contribution in [0.2, 0.25) is 0 Å². The maximum Gasteiger partial charge on any atom is 0.304 e. The number of aromatic nitrogens is 2. The molecule has 0 aliphatic heterocycles. The Kier molecular flexibility index (Phi) is 2.66. The van der Waals surface area contributed by atoms with Gasteiger partial charge in [0.15, 0.2) is 0 Å². The normalized spacial score (nSPS) is 9.67. The summed E-state index contributed by atoms with van der Waals surface area (Å²) in [6, 6.07) is 7.29. The molecule has 0 unspecified atom stereocenters. The molecule has 1 aromatic carbocycles. The quantitative estimate of drug-likeness (QED) is 0.473. The van der Waals surface area contributed by atoms with Crippen LogP contribution in [0.5, 0.6) is 0 Å². The first-order valence-corrected chi connectivity index (χ1v) is 4.74. The highest BCUT2D eigenvalue weighted by molar-refractivity contribution is 9.10. The van der Waals surface area contributed by atoms with Crippen molar-refractivity contribution < 1.29 is 4.42 Å². The fourth-order valence-electron chi connectivity index (χ4n) is 1.04. The number of nitrogens with zero attached hydrogens (tertiary/aromatic N) is 5. The molecule has 0 saturated heterocycles. The Hall–Kier alpha value is -1.85. The Balaban J connectivity index is 2.46. The second-order valence-corrected chi connectivity index (χ2v) is 3.41. The minimum atomic E-state index is -0.0942. The molecule has 0 radical (unpaired) electrons. The summed E-state index contributed by atoms with van der Waals surface area (Å²) >= 11 is 3.35. The van der Waals surface area contributed by atoms with Crippen molar-refractivity contribution in [3.63, 3.8) is 0 Å². The first kappa shape index (κ1) is 9.70. The predicted octanol–water partition coefficient (Wildman–Crippen LogP) is 3.44. The molecule has 2 rings (SSSR count). The molecular weight excluding hydrogens is 262 g/mol. The molecule has 74 valence electrons. The van der Waals surface area contributed by atoms with Crippen molar-refractivity contribution >= 4 is 21.9 Å². The Morgan fingerprint density at radius 2 is 2.13 bits per heavy atom. The maximum absolute atomic E-state index is 8.18. The van der Waals surface area contributed by atoms with E-state index in [-0.39, 0.29) is 6.01 Å². The summed E-state index contributed by atoms with van der Waals surface area (Å²) in [4.78, 5) is 2.55. The van der Waals surface area contributed by atoms with Crippen molar-refractivity contribution in [2.24, 2.45) is 5.11 Å². The third kappa shape index (κ3) is 1.98. The SMILES string of the molecule is [N-]=[N+]=Nc1nnc(-c2ccccc2Br)o1. The van der Waals surface area contributed by atoms with Gasteiger partial charge in [-0.3, -0.25) is 0 Å². The van der Waals surface area contributed by atoms with E-state index in [9.17, 15) is 0 Å². The van der Waals surface area contributed by atoms with E-state index < -0.39 is 0 Å². The van der Waals surface area contributed by atoms with E-state index in [0.29, 0.717) is 5.89 Å². The molecule has 0 N–H and O–H groups in total. The van der Waals surface area contributed by atoms with Gasteiger partial charge in [-0.05, 0) is 33.6 Å². The van der Waals surface area contributed by atoms with E-state index in [1.807, 2.05) is 24.3 Å². The number of azide groups is 1. The Bertz CT molecular complexity index is 531. The van der Waals surface area contributed by atoms with Gasteiger partial charge < -0.3 is 4.42 Å². The summed E-state index contributed by atoms with van der Waals surface area (Å²) in [5, 5.41) is 10.5. The molecule has 0 aliphatic carbocycles. The lowest BCUT2D eigenvalue weighted by atomic mass is 10.2. The lowest BCUT2D eigenvalue weighted by Crippen LogP contribution is -1.78. The average molecular weight is 266 g/mol. The van der Waals surface area contributed by atoms with Crippen molar-refractivity contribution in [1.29, 1.82) is 0 Å². The van der Waals surface area contributed by atoms with Gasteiger partial charge in [-0.2, -0.15) is 0 Å². The molecule has 0 saturated carbocycles. The molecule has 0 bridgehead atoms. The van der Waals surface area contributed by atoms with Gasteiger partial charge in [0.05, 0.1) is 5.56 Å². The highest BCUT2D eigenvalue weighted by Crippen LogP contribution is 2.28. The van der Waals surface area contributed by atoms with Crippen molar-refractivity contribution in [3.05, 3.63) is 39.2 Å². The molecule has 0 spiro atoms. The van der Waals surface area contributed by atoms with Crippen LogP contribution < -0.4 is 0 Å². The van der Waals surface area contributed by atoms with Crippen molar-refractivity contribution in [3.8, 4) is 11.5 Å². The average Bonchev–Trinajstić information content (AvgIpc) is 2.68. The minimum absolute atomic E-state index is 0.0942. The van der Waals surface area contributed by atoms with E-state index >= 15 is 0 Å².